The molecule has 5 nitrogen and oxygen atoms in total. The first-order chi connectivity index (χ1) is 12.4. The van der Waals surface area contributed by atoms with Crippen molar-refractivity contribution in [3.8, 4) is 0 Å². The molecule has 1 aromatic rings. The van der Waals surface area contributed by atoms with Crippen LogP contribution in [0.4, 0.5) is 5.69 Å². The molecule has 0 saturated carbocycles. The average Bonchev–Trinajstić information content (AvgIpc) is 2.61. The number of carbonyl (C=O) groups excluding carboxylic acids is 2. The summed E-state index contributed by atoms with van der Waals surface area (Å²) in [7, 11) is 0. The van der Waals surface area contributed by atoms with Crippen LogP contribution in [-0.4, -0.2) is 42.4 Å². The molecule has 0 spiro atoms. The molecule has 2 N–H and O–H groups in total. The van der Waals surface area contributed by atoms with Gasteiger partial charge in [0.05, 0.1) is 10.6 Å². The number of carbonyl (C=O) groups is 2. The van der Waals surface area contributed by atoms with Gasteiger partial charge in [-0.3, -0.25) is 9.59 Å². The maximum atomic E-state index is 13.2. The summed E-state index contributed by atoms with van der Waals surface area (Å²) in [6, 6.07) is 5.37. The Kier molecular flexibility index (Phi) is 10.1. The van der Waals surface area contributed by atoms with E-state index in [1.807, 2.05) is 18.7 Å². The number of piperidine rings is 1. The predicted octanol–water partition coefficient (Wildman–Crippen LogP) is 4.35. The number of nitrogens with zero attached hydrogens (tertiary/aromatic N) is 1. The fraction of sp³-hybridized carbons (Fsp3) is 0.600. The number of hydrogen-bond acceptors (Lipinski definition) is 3. The van der Waals surface area contributed by atoms with Crippen molar-refractivity contribution in [3.05, 3.63) is 28.8 Å². The molecule has 0 aliphatic carbocycles. The molecule has 1 aliphatic heterocycles. The Morgan fingerprint density at radius 1 is 1.30 bits per heavy atom. The van der Waals surface area contributed by atoms with Crippen molar-refractivity contribution in [1.29, 1.82) is 0 Å². The molecule has 0 unspecified atom stereocenters. The van der Waals surface area contributed by atoms with E-state index in [0.29, 0.717) is 29.2 Å². The van der Waals surface area contributed by atoms with E-state index < -0.39 is 0 Å². The fourth-order valence-corrected chi connectivity index (χ4v) is 3.51. The van der Waals surface area contributed by atoms with Crippen molar-refractivity contribution in [2.24, 2.45) is 5.92 Å². The largest absolute Gasteiger partial charge is 0.336 e. The van der Waals surface area contributed by atoms with Crippen molar-refractivity contribution < 1.29 is 9.59 Å². The Morgan fingerprint density at radius 2 is 1.96 bits per heavy atom. The van der Waals surface area contributed by atoms with Gasteiger partial charge in [-0.25, -0.2) is 0 Å². The van der Waals surface area contributed by atoms with E-state index in [0.717, 1.165) is 32.4 Å². The van der Waals surface area contributed by atoms with Crippen LogP contribution in [0.1, 0.15) is 56.8 Å². The summed E-state index contributed by atoms with van der Waals surface area (Å²) < 4.78 is 0. The van der Waals surface area contributed by atoms with Crippen molar-refractivity contribution in [1.82, 2.24) is 10.2 Å². The average molecular weight is 416 g/mol. The second kappa shape index (κ2) is 11.5. The van der Waals surface area contributed by atoms with Gasteiger partial charge in [-0.1, -0.05) is 32.4 Å². The Labute approximate surface area is 173 Å². The molecule has 1 fully saturated rings. The molecule has 0 aromatic heterocycles. The van der Waals surface area contributed by atoms with E-state index in [1.165, 1.54) is 0 Å². The summed E-state index contributed by atoms with van der Waals surface area (Å²) in [4.78, 5) is 27.2. The Morgan fingerprint density at radius 3 is 2.56 bits per heavy atom. The van der Waals surface area contributed by atoms with Gasteiger partial charge < -0.3 is 15.5 Å². The lowest BCUT2D eigenvalue weighted by atomic mass is 10.0. The maximum Gasteiger partial charge on any atom is 0.255 e. The number of amides is 2. The highest BCUT2D eigenvalue weighted by Gasteiger charge is 2.27. The van der Waals surface area contributed by atoms with Gasteiger partial charge in [0.1, 0.15) is 0 Å². The van der Waals surface area contributed by atoms with Gasteiger partial charge >= 0.3 is 0 Å². The highest BCUT2D eigenvalue weighted by molar-refractivity contribution is 6.34. The highest BCUT2D eigenvalue weighted by Crippen LogP contribution is 2.25. The van der Waals surface area contributed by atoms with E-state index in [1.54, 1.807) is 18.2 Å². The zero-order valence-corrected chi connectivity index (χ0v) is 18.0. The zero-order valence-electron chi connectivity index (χ0n) is 16.4. The molecular weight excluding hydrogens is 385 g/mol. The fourth-order valence-electron chi connectivity index (χ4n) is 3.31. The van der Waals surface area contributed by atoms with Crippen LogP contribution >= 0.6 is 24.0 Å². The lowest BCUT2D eigenvalue weighted by Crippen LogP contribution is -2.46. The quantitative estimate of drug-likeness (QED) is 0.695. The summed E-state index contributed by atoms with van der Waals surface area (Å²) in [5.74, 6) is 0.177. The predicted molar refractivity (Wildman–Crippen MR) is 114 cm³/mol. The van der Waals surface area contributed by atoms with Gasteiger partial charge in [0.15, 0.2) is 0 Å². The number of nitrogens with one attached hydrogen (secondary N) is 2. The molecule has 1 heterocycles. The van der Waals surface area contributed by atoms with E-state index in [4.69, 9.17) is 11.6 Å². The van der Waals surface area contributed by atoms with Gasteiger partial charge in [-0.15, -0.1) is 12.4 Å². The summed E-state index contributed by atoms with van der Waals surface area (Å²) >= 11 is 6.32. The topological polar surface area (TPSA) is 61.4 Å². The van der Waals surface area contributed by atoms with Crippen LogP contribution < -0.4 is 10.6 Å². The molecule has 1 aromatic carbocycles. The molecule has 0 atom stereocenters. The second-order valence-corrected chi connectivity index (χ2v) is 7.73. The number of rotatable bonds is 7. The van der Waals surface area contributed by atoms with Gasteiger partial charge in [0.2, 0.25) is 5.91 Å². The van der Waals surface area contributed by atoms with E-state index in [-0.39, 0.29) is 36.2 Å². The monoisotopic (exact) mass is 415 g/mol. The van der Waals surface area contributed by atoms with Gasteiger partial charge in [-0.05, 0) is 56.5 Å². The minimum Gasteiger partial charge on any atom is -0.336 e. The zero-order chi connectivity index (χ0) is 19.1. The van der Waals surface area contributed by atoms with E-state index in [9.17, 15) is 9.59 Å². The molecular formula is C20H31Cl2N3O2. The first-order valence-corrected chi connectivity index (χ1v) is 9.91. The van der Waals surface area contributed by atoms with E-state index in [2.05, 4.69) is 17.6 Å². The Hall–Kier alpha value is -1.30. The number of hydrogen-bond donors (Lipinski definition) is 2. The van der Waals surface area contributed by atoms with Gasteiger partial charge in [-0.2, -0.15) is 0 Å². The third kappa shape index (κ3) is 6.98. The molecule has 7 heteroatoms. The van der Waals surface area contributed by atoms with Crippen molar-refractivity contribution in [3.63, 3.8) is 0 Å². The smallest absolute Gasteiger partial charge is 0.255 e. The van der Waals surface area contributed by atoms with Gasteiger partial charge in [0, 0.05) is 24.7 Å². The summed E-state index contributed by atoms with van der Waals surface area (Å²) in [5.41, 5.74) is 1.08. The molecule has 1 saturated heterocycles. The first kappa shape index (κ1) is 23.7. The normalized spacial score (nSPS) is 14.6. The third-order valence-electron chi connectivity index (χ3n) is 4.55. The van der Waals surface area contributed by atoms with Crippen molar-refractivity contribution in [2.45, 2.75) is 52.5 Å². The minimum absolute atomic E-state index is 0. The molecule has 152 valence electrons. The summed E-state index contributed by atoms with van der Waals surface area (Å²) in [6.07, 6.45) is 3.25. The molecule has 2 rings (SSSR count). The van der Waals surface area contributed by atoms with Crippen molar-refractivity contribution in [2.75, 3.05) is 25.0 Å². The van der Waals surface area contributed by atoms with Crippen LogP contribution in [0.15, 0.2) is 18.2 Å². The maximum absolute atomic E-state index is 13.2. The molecule has 2 amide bonds. The Balaban J connectivity index is 0.00000364. The van der Waals surface area contributed by atoms with Crippen molar-refractivity contribution >= 4 is 41.5 Å². The van der Waals surface area contributed by atoms with Crippen LogP contribution in [0.5, 0.6) is 0 Å². The van der Waals surface area contributed by atoms with Crippen LogP contribution in [0, 0.1) is 5.92 Å². The van der Waals surface area contributed by atoms with Gasteiger partial charge in [0.25, 0.3) is 5.91 Å². The molecule has 27 heavy (non-hydrogen) atoms. The minimum atomic E-state index is -0.0521. The van der Waals surface area contributed by atoms with Crippen LogP contribution in [0.25, 0.3) is 0 Å². The van der Waals surface area contributed by atoms with Crippen LogP contribution in [0.3, 0.4) is 0 Å². The summed E-state index contributed by atoms with van der Waals surface area (Å²) in [5, 5.41) is 6.63. The summed E-state index contributed by atoms with van der Waals surface area (Å²) in [6.45, 7) is 8.64. The second-order valence-electron chi connectivity index (χ2n) is 7.32. The highest BCUT2D eigenvalue weighted by atomic mass is 35.5. The Bertz CT molecular complexity index is 632. The lowest BCUT2D eigenvalue weighted by Gasteiger charge is -2.35. The van der Waals surface area contributed by atoms with Crippen LogP contribution in [-0.2, 0) is 4.79 Å². The SMILES string of the molecule is CCCN(C(=O)c1cc(NC(=O)CC(C)C)ccc1Cl)C1CCNCC1.Cl. The number of anilines is 1. The number of benzene rings is 1. The first-order valence-electron chi connectivity index (χ1n) is 9.53. The molecule has 0 bridgehead atoms. The van der Waals surface area contributed by atoms with Crippen LogP contribution in [0.2, 0.25) is 5.02 Å². The molecule has 0 radical (unpaired) electrons. The lowest BCUT2D eigenvalue weighted by molar-refractivity contribution is -0.116. The molecule has 1 aliphatic rings. The number of halogens is 2. The van der Waals surface area contributed by atoms with E-state index >= 15 is 0 Å². The standard InChI is InChI=1S/C20H30ClN3O2.ClH/c1-4-11-24(16-7-9-22-10-8-16)20(26)17-13-15(5-6-18(17)21)23-19(25)12-14(2)3;/h5-6,13-14,16,22H,4,7-12H2,1-3H3,(H,23,25);1H. The third-order valence-corrected chi connectivity index (χ3v) is 4.88.